The summed E-state index contributed by atoms with van der Waals surface area (Å²) in [6.07, 6.45) is 2.31. The van der Waals surface area contributed by atoms with E-state index >= 15 is 0 Å². The molecule has 90 valence electrons. The van der Waals surface area contributed by atoms with E-state index in [2.05, 4.69) is 11.8 Å². The summed E-state index contributed by atoms with van der Waals surface area (Å²) >= 11 is 0. The fourth-order valence-corrected chi connectivity index (χ4v) is 1.33. The van der Waals surface area contributed by atoms with Crippen LogP contribution in [0.5, 0.6) is 0 Å². The predicted octanol–water partition coefficient (Wildman–Crippen LogP) is 1.03. The molecule has 0 bridgehead atoms. The monoisotopic (exact) mass is 217 g/mol. The fraction of sp³-hybridized carbons (Fsp3) is 0.909. The van der Waals surface area contributed by atoms with Crippen molar-refractivity contribution in [2.45, 2.75) is 33.1 Å². The van der Waals surface area contributed by atoms with Crippen molar-refractivity contribution < 1.29 is 14.6 Å². The molecular weight excluding hydrogens is 194 g/mol. The van der Waals surface area contributed by atoms with Crippen molar-refractivity contribution >= 4 is 5.97 Å². The van der Waals surface area contributed by atoms with E-state index < -0.39 is 0 Å². The molecule has 0 aliphatic heterocycles. The van der Waals surface area contributed by atoms with Crippen LogP contribution >= 0.6 is 0 Å². The maximum atomic E-state index is 11.2. The van der Waals surface area contributed by atoms with Crippen molar-refractivity contribution in [1.82, 2.24) is 4.90 Å². The average molecular weight is 217 g/mol. The molecule has 0 saturated heterocycles. The molecule has 0 radical (unpaired) electrons. The van der Waals surface area contributed by atoms with Gasteiger partial charge in [-0.2, -0.15) is 0 Å². The summed E-state index contributed by atoms with van der Waals surface area (Å²) in [5.74, 6) is -0.143. The van der Waals surface area contributed by atoms with Crippen LogP contribution in [0, 0.1) is 0 Å². The standard InChI is InChI=1S/C11H23NO3/c1-3-6-12(8-9-13)7-5-11(14)15-10-4-2/h13H,3-10H2,1-2H3. The van der Waals surface area contributed by atoms with Crippen molar-refractivity contribution in [2.24, 2.45) is 0 Å². The number of nitrogens with zero attached hydrogens (tertiary/aromatic N) is 1. The molecule has 0 atom stereocenters. The Morgan fingerprint density at radius 2 is 1.93 bits per heavy atom. The molecule has 0 amide bonds. The highest BCUT2D eigenvalue weighted by Crippen LogP contribution is 1.96. The zero-order valence-corrected chi connectivity index (χ0v) is 9.87. The summed E-state index contributed by atoms with van der Waals surface area (Å²) in [7, 11) is 0. The Kier molecular flexibility index (Phi) is 9.52. The van der Waals surface area contributed by atoms with Crippen LogP contribution in [0.3, 0.4) is 0 Å². The van der Waals surface area contributed by atoms with E-state index in [1.165, 1.54) is 0 Å². The zero-order chi connectivity index (χ0) is 11.5. The van der Waals surface area contributed by atoms with Crippen LogP contribution in [-0.2, 0) is 9.53 Å². The second-order valence-electron chi connectivity index (χ2n) is 3.54. The number of ether oxygens (including phenoxy) is 1. The minimum atomic E-state index is -0.143. The van der Waals surface area contributed by atoms with Gasteiger partial charge in [0.1, 0.15) is 0 Å². The quantitative estimate of drug-likeness (QED) is 0.586. The van der Waals surface area contributed by atoms with Gasteiger partial charge in [-0.25, -0.2) is 0 Å². The van der Waals surface area contributed by atoms with Gasteiger partial charge in [0.2, 0.25) is 0 Å². The minimum Gasteiger partial charge on any atom is -0.466 e. The highest BCUT2D eigenvalue weighted by molar-refractivity contribution is 5.69. The lowest BCUT2D eigenvalue weighted by atomic mass is 10.3. The molecule has 0 aromatic carbocycles. The van der Waals surface area contributed by atoms with E-state index in [0.29, 0.717) is 26.1 Å². The van der Waals surface area contributed by atoms with Gasteiger partial charge in [-0.05, 0) is 19.4 Å². The highest BCUT2D eigenvalue weighted by atomic mass is 16.5. The van der Waals surface area contributed by atoms with Gasteiger partial charge in [-0.3, -0.25) is 4.79 Å². The summed E-state index contributed by atoms with van der Waals surface area (Å²) in [5.41, 5.74) is 0. The third-order valence-corrected chi connectivity index (χ3v) is 2.06. The summed E-state index contributed by atoms with van der Waals surface area (Å²) in [6, 6.07) is 0. The van der Waals surface area contributed by atoms with E-state index in [0.717, 1.165) is 19.4 Å². The van der Waals surface area contributed by atoms with Gasteiger partial charge >= 0.3 is 5.97 Å². The summed E-state index contributed by atoms with van der Waals surface area (Å²) < 4.78 is 4.97. The van der Waals surface area contributed by atoms with Crippen molar-refractivity contribution in [3.8, 4) is 0 Å². The van der Waals surface area contributed by atoms with Crippen LogP contribution < -0.4 is 0 Å². The number of rotatable bonds is 9. The van der Waals surface area contributed by atoms with Gasteiger partial charge in [0.05, 0.1) is 19.6 Å². The molecule has 0 fully saturated rings. The third kappa shape index (κ3) is 8.39. The lowest BCUT2D eigenvalue weighted by Gasteiger charge is -2.19. The molecule has 0 unspecified atom stereocenters. The van der Waals surface area contributed by atoms with Crippen LogP contribution in [0.25, 0.3) is 0 Å². The first-order chi connectivity index (χ1) is 7.24. The van der Waals surface area contributed by atoms with Gasteiger partial charge in [0.15, 0.2) is 0 Å². The van der Waals surface area contributed by atoms with Crippen LogP contribution in [0.1, 0.15) is 33.1 Å². The number of carbonyl (C=O) groups excluding carboxylic acids is 1. The summed E-state index contributed by atoms with van der Waals surface area (Å²) in [4.78, 5) is 13.3. The summed E-state index contributed by atoms with van der Waals surface area (Å²) in [5, 5.41) is 8.81. The SMILES string of the molecule is CCCOC(=O)CCN(CCC)CCO. The smallest absolute Gasteiger partial charge is 0.307 e. The lowest BCUT2D eigenvalue weighted by molar-refractivity contribution is -0.144. The van der Waals surface area contributed by atoms with Crippen molar-refractivity contribution in [1.29, 1.82) is 0 Å². The van der Waals surface area contributed by atoms with Gasteiger partial charge in [0, 0.05) is 13.1 Å². The van der Waals surface area contributed by atoms with Crippen LogP contribution in [0.15, 0.2) is 0 Å². The molecule has 0 aromatic heterocycles. The average Bonchev–Trinajstić information content (AvgIpc) is 2.23. The second-order valence-corrected chi connectivity index (χ2v) is 3.54. The van der Waals surface area contributed by atoms with E-state index in [-0.39, 0.29) is 12.6 Å². The van der Waals surface area contributed by atoms with E-state index in [9.17, 15) is 4.79 Å². The normalized spacial score (nSPS) is 10.7. The first kappa shape index (κ1) is 14.4. The highest BCUT2D eigenvalue weighted by Gasteiger charge is 2.07. The molecule has 0 rings (SSSR count). The maximum absolute atomic E-state index is 11.2. The largest absolute Gasteiger partial charge is 0.466 e. The Morgan fingerprint density at radius 3 is 2.47 bits per heavy atom. The Hall–Kier alpha value is -0.610. The molecule has 0 aliphatic carbocycles. The molecule has 0 aliphatic rings. The number of carbonyl (C=O) groups is 1. The molecule has 0 heterocycles. The Labute approximate surface area is 92.2 Å². The number of aliphatic hydroxyl groups is 1. The molecule has 0 spiro atoms. The number of esters is 1. The van der Waals surface area contributed by atoms with Crippen LogP contribution in [0.4, 0.5) is 0 Å². The number of hydrogen-bond acceptors (Lipinski definition) is 4. The van der Waals surface area contributed by atoms with Crippen LogP contribution in [-0.4, -0.2) is 48.8 Å². The van der Waals surface area contributed by atoms with Crippen molar-refractivity contribution in [3.05, 3.63) is 0 Å². The van der Waals surface area contributed by atoms with Gasteiger partial charge in [0.25, 0.3) is 0 Å². The third-order valence-electron chi connectivity index (χ3n) is 2.06. The molecule has 15 heavy (non-hydrogen) atoms. The topological polar surface area (TPSA) is 49.8 Å². The van der Waals surface area contributed by atoms with Gasteiger partial charge in [-0.15, -0.1) is 0 Å². The number of hydrogen-bond donors (Lipinski definition) is 1. The molecule has 0 aromatic rings. The number of aliphatic hydroxyl groups excluding tert-OH is 1. The molecular formula is C11H23NO3. The van der Waals surface area contributed by atoms with Crippen molar-refractivity contribution in [2.75, 3.05) is 32.8 Å². The van der Waals surface area contributed by atoms with Crippen LogP contribution in [0.2, 0.25) is 0 Å². The van der Waals surface area contributed by atoms with E-state index in [1.807, 2.05) is 6.92 Å². The maximum Gasteiger partial charge on any atom is 0.307 e. The Balaban J connectivity index is 3.62. The summed E-state index contributed by atoms with van der Waals surface area (Å²) in [6.45, 7) is 6.94. The Morgan fingerprint density at radius 1 is 1.20 bits per heavy atom. The second kappa shape index (κ2) is 9.93. The predicted molar refractivity (Wildman–Crippen MR) is 59.7 cm³/mol. The first-order valence-electron chi connectivity index (χ1n) is 5.73. The molecule has 4 heteroatoms. The molecule has 0 saturated carbocycles. The first-order valence-corrected chi connectivity index (χ1v) is 5.73. The lowest BCUT2D eigenvalue weighted by Crippen LogP contribution is -2.30. The van der Waals surface area contributed by atoms with E-state index in [1.54, 1.807) is 0 Å². The minimum absolute atomic E-state index is 0.143. The molecule has 4 nitrogen and oxygen atoms in total. The van der Waals surface area contributed by atoms with E-state index in [4.69, 9.17) is 9.84 Å². The van der Waals surface area contributed by atoms with Gasteiger partial charge < -0.3 is 14.7 Å². The van der Waals surface area contributed by atoms with Crippen molar-refractivity contribution in [3.63, 3.8) is 0 Å². The fourth-order valence-electron chi connectivity index (χ4n) is 1.33. The molecule has 1 N–H and O–H groups in total. The zero-order valence-electron chi connectivity index (χ0n) is 9.87. The van der Waals surface area contributed by atoms with Gasteiger partial charge in [-0.1, -0.05) is 13.8 Å². The Bertz CT molecular complexity index is 156.